The lowest BCUT2D eigenvalue weighted by Gasteiger charge is -2.39. The summed E-state index contributed by atoms with van der Waals surface area (Å²) >= 11 is 0. The van der Waals surface area contributed by atoms with Gasteiger partial charge in [0.1, 0.15) is 10.7 Å². The first-order valence-corrected chi connectivity index (χ1v) is 11.4. The average molecular weight is 380 g/mol. The molecule has 0 bridgehead atoms. The fraction of sp³-hybridized carbons (Fsp3) is 0.737. The Morgan fingerprint density at radius 3 is 2.69 bits per heavy atom. The molecule has 1 atom stereocenters. The van der Waals surface area contributed by atoms with E-state index in [4.69, 9.17) is 4.74 Å². The number of nitrogens with one attached hydrogen (secondary N) is 1. The number of sulfonamides is 1. The van der Waals surface area contributed by atoms with Crippen LogP contribution in [0.2, 0.25) is 0 Å². The van der Waals surface area contributed by atoms with E-state index in [9.17, 15) is 8.42 Å². The lowest BCUT2D eigenvalue weighted by molar-refractivity contribution is -0.0767. The van der Waals surface area contributed by atoms with E-state index in [1.54, 1.807) is 22.6 Å². The van der Waals surface area contributed by atoms with E-state index in [2.05, 4.69) is 10.3 Å². The van der Waals surface area contributed by atoms with E-state index in [1.165, 1.54) is 12.8 Å². The Morgan fingerprint density at radius 1 is 1.15 bits per heavy atom. The van der Waals surface area contributed by atoms with E-state index < -0.39 is 10.0 Å². The second-order valence-corrected chi connectivity index (χ2v) is 9.79. The molecule has 4 rings (SSSR count). The number of rotatable bonds is 4. The number of aromatic nitrogens is 1. The molecule has 0 radical (unpaired) electrons. The van der Waals surface area contributed by atoms with Gasteiger partial charge in [-0.1, -0.05) is 19.3 Å². The summed E-state index contributed by atoms with van der Waals surface area (Å²) in [6.45, 7) is 1.95. The largest absolute Gasteiger partial charge is 0.375 e. The topological polar surface area (TPSA) is 71.5 Å². The molecule has 1 aliphatic carbocycles. The number of piperidine rings is 1. The quantitative estimate of drug-likeness (QED) is 0.870. The van der Waals surface area contributed by atoms with Crippen molar-refractivity contribution in [2.75, 3.05) is 25.0 Å². The van der Waals surface area contributed by atoms with Gasteiger partial charge < -0.3 is 10.1 Å². The van der Waals surface area contributed by atoms with Gasteiger partial charge in [0.15, 0.2) is 0 Å². The highest BCUT2D eigenvalue weighted by atomic mass is 32.2. The summed E-state index contributed by atoms with van der Waals surface area (Å²) < 4.78 is 34.0. The minimum absolute atomic E-state index is 0.00337. The molecule has 1 N–H and O–H groups in total. The van der Waals surface area contributed by atoms with Crippen molar-refractivity contribution < 1.29 is 13.2 Å². The first-order valence-electron chi connectivity index (χ1n) is 9.95. The first kappa shape index (κ1) is 18.2. The Hall–Kier alpha value is -1.18. The Kier molecular flexibility index (Phi) is 5.21. The molecule has 0 aromatic carbocycles. The highest BCUT2D eigenvalue weighted by Crippen LogP contribution is 2.41. The Labute approximate surface area is 156 Å². The van der Waals surface area contributed by atoms with Gasteiger partial charge >= 0.3 is 0 Å². The van der Waals surface area contributed by atoms with Gasteiger partial charge in [0, 0.05) is 31.9 Å². The zero-order valence-electron chi connectivity index (χ0n) is 15.3. The highest BCUT2D eigenvalue weighted by molar-refractivity contribution is 7.89. The predicted molar refractivity (Wildman–Crippen MR) is 101 cm³/mol. The minimum Gasteiger partial charge on any atom is -0.375 e. The van der Waals surface area contributed by atoms with Crippen LogP contribution in [0, 0.1) is 0 Å². The van der Waals surface area contributed by atoms with Gasteiger partial charge in [0.25, 0.3) is 0 Å². The van der Waals surface area contributed by atoms with Crippen molar-refractivity contribution in [1.82, 2.24) is 9.29 Å². The molecule has 144 valence electrons. The van der Waals surface area contributed by atoms with E-state index in [0.29, 0.717) is 23.8 Å². The molecule has 7 heteroatoms. The van der Waals surface area contributed by atoms with Crippen molar-refractivity contribution in [2.45, 2.75) is 74.3 Å². The molecule has 3 fully saturated rings. The zero-order chi connectivity index (χ0) is 18.0. The van der Waals surface area contributed by atoms with Gasteiger partial charge in [0.05, 0.1) is 5.60 Å². The maximum atomic E-state index is 13.1. The Balaban J connectivity index is 1.54. The van der Waals surface area contributed by atoms with E-state index in [1.807, 2.05) is 0 Å². The number of anilines is 1. The van der Waals surface area contributed by atoms with Crippen molar-refractivity contribution >= 4 is 15.8 Å². The van der Waals surface area contributed by atoms with Crippen LogP contribution in [0.4, 0.5) is 5.82 Å². The number of nitrogens with zero attached hydrogens (tertiary/aromatic N) is 2. The third-order valence-corrected chi connectivity index (χ3v) is 7.98. The fourth-order valence-corrected chi connectivity index (χ4v) is 6.29. The van der Waals surface area contributed by atoms with Gasteiger partial charge in [-0.2, -0.15) is 4.31 Å². The van der Waals surface area contributed by atoms with Crippen LogP contribution in [0.25, 0.3) is 0 Å². The summed E-state index contributed by atoms with van der Waals surface area (Å²) in [5.74, 6) is 0.498. The molecule has 1 unspecified atom stereocenters. The Morgan fingerprint density at radius 2 is 1.92 bits per heavy atom. The SMILES string of the molecule is O=S(=O)(c1cccnc1NC1CCOC2(CCCC2)C1)N1CCCCC1. The van der Waals surface area contributed by atoms with Crippen LogP contribution in [-0.2, 0) is 14.8 Å². The lowest BCUT2D eigenvalue weighted by Crippen LogP contribution is -2.43. The van der Waals surface area contributed by atoms with Crippen molar-refractivity contribution in [3.8, 4) is 0 Å². The summed E-state index contributed by atoms with van der Waals surface area (Å²) in [6.07, 6.45) is 11.2. The normalized spacial score (nSPS) is 26.8. The second-order valence-electron chi connectivity index (χ2n) is 7.89. The second kappa shape index (κ2) is 7.44. The molecule has 1 saturated carbocycles. The van der Waals surface area contributed by atoms with Crippen LogP contribution < -0.4 is 5.32 Å². The average Bonchev–Trinajstić information content (AvgIpc) is 3.10. The predicted octanol–water partition coefficient (Wildman–Crippen LogP) is 3.16. The summed E-state index contributed by atoms with van der Waals surface area (Å²) in [6, 6.07) is 3.61. The van der Waals surface area contributed by atoms with Crippen LogP contribution in [0.5, 0.6) is 0 Å². The van der Waals surface area contributed by atoms with Crippen LogP contribution in [0.1, 0.15) is 57.8 Å². The maximum Gasteiger partial charge on any atom is 0.246 e. The van der Waals surface area contributed by atoms with Gasteiger partial charge in [-0.05, 0) is 50.7 Å². The molecule has 2 aliphatic heterocycles. The van der Waals surface area contributed by atoms with Gasteiger partial charge in [-0.3, -0.25) is 0 Å². The monoisotopic (exact) mass is 379 g/mol. The first-order chi connectivity index (χ1) is 12.6. The van der Waals surface area contributed by atoms with Crippen molar-refractivity contribution in [1.29, 1.82) is 0 Å². The molecule has 26 heavy (non-hydrogen) atoms. The fourth-order valence-electron chi connectivity index (χ4n) is 4.66. The zero-order valence-corrected chi connectivity index (χ0v) is 16.1. The minimum atomic E-state index is -3.49. The van der Waals surface area contributed by atoms with E-state index in [-0.39, 0.29) is 11.6 Å². The molecule has 1 aromatic heterocycles. The molecule has 6 nitrogen and oxygen atoms in total. The molecule has 2 saturated heterocycles. The van der Waals surface area contributed by atoms with Crippen LogP contribution in [0.15, 0.2) is 23.2 Å². The lowest BCUT2D eigenvalue weighted by atomic mass is 9.89. The summed E-state index contributed by atoms with van der Waals surface area (Å²) in [7, 11) is -3.49. The van der Waals surface area contributed by atoms with Crippen molar-refractivity contribution in [3.63, 3.8) is 0 Å². The molecular formula is C19H29N3O3S. The third-order valence-electron chi connectivity index (χ3n) is 6.05. The maximum absolute atomic E-state index is 13.1. The third kappa shape index (κ3) is 3.62. The highest BCUT2D eigenvalue weighted by Gasteiger charge is 2.40. The standard InChI is InChI=1S/C19H29N3O3S/c23-26(24,22-12-4-1-5-13-22)17-7-6-11-20-18(17)21-16-8-14-25-19(15-16)9-2-3-10-19/h6-7,11,16H,1-5,8-10,12-15H2,(H,20,21). The number of ether oxygens (including phenoxy) is 1. The molecule has 3 heterocycles. The van der Waals surface area contributed by atoms with E-state index in [0.717, 1.165) is 51.6 Å². The van der Waals surface area contributed by atoms with Crippen molar-refractivity contribution in [2.24, 2.45) is 0 Å². The van der Waals surface area contributed by atoms with Gasteiger partial charge in [-0.25, -0.2) is 13.4 Å². The smallest absolute Gasteiger partial charge is 0.246 e. The number of hydrogen-bond acceptors (Lipinski definition) is 5. The van der Waals surface area contributed by atoms with E-state index >= 15 is 0 Å². The van der Waals surface area contributed by atoms with Crippen LogP contribution in [0.3, 0.4) is 0 Å². The summed E-state index contributed by atoms with van der Waals surface area (Å²) in [5.41, 5.74) is -0.00337. The molecule has 1 aromatic rings. The summed E-state index contributed by atoms with van der Waals surface area (Å²) in [5, 5.41) is 3.45. The van der Waals surface area contributed by atoms with Gasteiger partial charge in [0.2, 0.25) is 10.0 Å². The van der Waals surface area contributed by atoms with Crippen LogP contribution >= 0.6 is 0 Å². The molecule has 3 aliphatic rings. The summed E-state index contributed by atoms with van der Waals surface area (Å²) in [4.78, 5) is 4.70. The Bertz CT molecular complexity index is 725. The molecule has 1 spiro atoms. The van der Waals surface area contributed by atoms with Crippen LogP contribution in [-0.4, -0.2) is 49.0 Å². The number of hydrogen-bond donors (Lipinski definition) is 1. The molecular weight excluding hydrogens is 350 g/mol. The van der Waals surface area contributed by atoms with Gasteiger partial charge in [-0.15, -0.1) is 0 Å². The molecule has 0 amide bonds. The number of pyridine rings is 1. The van der Waals surface area contributed by atoms with Crippen molar-refractivity contribution in [3.05, 3.63) is 18.3 Å².